The second-order valence-electron chi connectivity index (χ2n) is 6.10. The Morgan fingerprint density at radius 3 is 2.44 bits per heavy atom. The maximum atomic E-state index is 13.0. The molecule has 25 heavy (non-hydrogen) atoms. The molecule has 130 valence electrons. The zero-order chi connectivity index (χ0) is 17.5. The number of imidazole rings is 1. The predicted molar refractivity (Wildman–Crippen MR) is 96.4 cm³/mol. The van der Waals surface area contributed by atoms with Crippen molar-refractivity contribution in [3.63, 3.8) is 0 Å². The molecule has 0 aliphatic heterocycles. The Kier molecular flexibility index (Phi) is 5.80. The number of aromatic nitrogens is 2. The second kappa shape index (κ2) is 8.44. The van der Waals surface area contributed by atoms with Crippen LogP contribution < -0.4 is 5.73 Å². The molecule has 1 atom stereocenters. The van der Waals surface area contributed by atoms with Crippen molar-refractivity contribution in [2.24, 2.45) is 0 Å². The number of anilines is 1. The third-order valence-corrected chi connectivity index (χ3v) is 4.11. The number of halogens is 1. The highest BCUT2D eigenvalue weighted by atomic mass is 19.1. The highest BCUT2D eigenvalue weighted by Gasteiger charge is 2.11. The summed E-state index contributed by atoms with van der Waals surface area (Å²) in [6.07, 6.45) is 7.20. The van der Waals surface area contributed by atoms with E-state index in [4.69, 9.17) is 10.5 Å². The molecule has 3 rings (SSSR count). The Hall–Kier alpha value is -2.66. The number of nitrogens with zero attached hydrogens (tertiary/aromatic N) is 2. The van der Waals surface area contributed by atoms with Crippen molar-refractivity contribution in [2.75, 3.05) is 5.73 Å². The first kappa shape index (κ1) is 17.2. The van der Waals surface area contributed by atoms with E-state index in [9.17, 15) is 4.39 Å². The molecular weight excluding hydrogens is 317 g/mol. The fourth-order valence-corrected chi connectivity index (χ4v) is 2.66. The van der Waals surface area contributed by atoms with Gasteiger partial charge in [-0.2, -0.15) is 0 Å². The first-order valence-corrected chi connectivity index (χ1v) is 8.35. The molecule has 0 aliphatic carbocycles. The van der Waals surface area contributed by atoms with Crippen molar-refractivity contribution in [1.82, 2.24) is 9.55 Å². The van der Waals surface area contributed by atoms with Crippen molar-refractivity contribution in [2.45, 2.75) is 32.1 Å². The Morgan fingerprint density at radius 1 is 1.04 bits per heavy atom. The quantitative estimate of drug-likeness (QED) is 0.635. The van der Waals surface area contributed by atoms with Crippen molar-refractivity contribution < 1.29 is 9.13 Å². The molecule has 0 saturated heterocycles. The molecule has 1 heterocycles. The van der Waals surface area contributed by atoms with Gasteiger partial charge in [0.05, 0.1) is 19.0 Å². The molecule has 5 heteroatoms. The lowest BCUT2D eigenvalue weighted by molar-refractivity contribution is 0.0239. The Labute approximate surface area is 147 Å². The molecular formula is C20H22FN3O. The van der Waals surface area contributed by atoms with E-state index >= 15 is 0 Å². The summed E-state index contributed by atoms with van der Waals surface area (Å²) in [5, 5.41) is 0. The van der Waals surface area contributed by atoms with Crippen LogP contribution in [0.5, 0.6) is 0 Å². The highest BCUT2D eigenvalue weighted by Crippen LogP contribution is 2.14. The molecule has 1 aromatic heterocycles. The summed E-state index contributed by atoms with van der Waals surface area (Å²) in [5.41, 5.74) is 8.66. The largest absolute Gasteiger partial charge is 0.399 e. The van der Waals surface area contributed by atoms with Gasteiger partial charge in [-0.1, -0.05) is 24.3 Å². The van der Waals surface area contributed by atoms with Crippen LogP contribution in [-0.2, 0) is 24.3 Å². The maximum Gasteiger partial charge on any atom is 0.123 e. The van der Waals surface area contributed by atoms with Crippen LogP contribution in [0.1, 0.15) is 17.5 Å². The van der Waals surface area contributed by atoms with Crippen molar-refractivity contribution in [3.8, 4) is 0 Å². The van der Waals surface area contributed by atoms with Gasteiger partial charge in [0.1, 0.15) is 5.82 Å². The number of hydrogen-bond acceptors (Lipinski definition) is 3. The summed E-state index contributed by atoms with van der Waals surface area (Å²) in [7, 11) is 0. The van der Waals surface area contributed by atoms with Crippen LogP contribution in [0.25, 0.3) is 0 Å². The van der Waals surface area contributed by atoms with Crippen LogP contribution in [0.3, 0.4) is 0 Å². The lowest BCUT2D eigenvalue weighted by Gasteiger charge is -2.19. The van der Waals surface area contributed by atoms with Crippen LogP contribution in [0.15, 0.2) is 67.3 Å². The summed E-state index contributed by atoms with van der Waals surface area (Å²) in [6.45, 7) is 1.26. The highest BCUT2D eigenvalue weighted by molar-refractivity contribution is 5.39. The number of aryl methyl sites for hydroxylation is 1. The van der Waals surface area contributed by atoms with Crippen LogP contribution in [-0.4, -0.2) is 15.7 Å². The van der Waals surface area contributed by atoms with Crippen LogP contribution in [0, 0.1) is 5.82 Å². The number of hydrogen-bond donors (Lipinski definition) is 1. The van der Waals surface area contributed by atoms with Crippen molar-refractivity contribution in [1.29, 1.82) is 0 Å². The first-order chi connectivity index (χ1) is 12.2. The zero-order valence-electron chi connectivity index (χ0n) is 14.0. The fourth-order valence-electron chi connectivity index (χ4n) is 2.66. The van der Waals surface area contributed by atoms with E-state index in [1.165, 1.54) is 12.1 Å². The van der Waals surface area contributed by atoms with Gasteiger partial charge in [0.2, 0.25) is 0 Å². The zero-order valence-corrected chi connectivity index (χ0v) is 14.0. The average Bonchev–Trinajstić information content (AvgIpc) is 3.13. The molecule has 3 aromatic rings. The molecule has 1 unspecified atom stereocenters. The summed E-state index contributed by atoms with van der Waals surface area (Å²) >= 11 is 0. The van der Waals surface area contributed by atoms with E-state index in [2.05, 4.69) is 4.98 Å². The summed E-state index contributed by atoms with van der Waals surface area (Å²) < 4.78 is 21.2. The average molecular weight is 339 g/mol. The number of ether oxygens (including phenoxy) is 1. The van der Waals surface area contributed by atoms with Crippen LogP contribution in [0.4, 0.5) is 10.1 Å². The molecule has 0 spiro atoms. The topological polar surface area (TPSA) is 53.1 Å². The first-order valence-electron chi connectivity index (χ1n) is 8.35. The van der Waals surface area contributed by atoms with Gasteiger partial charge in [0, 0.05) is 24.6 Å². The number of nitrogen functional groups attached to an aromatic ring is 1. The van der Waals surface area contributed by atoms with Crippen LogP contribution in [0.2, 0.25) is 0 Å². The van der Waals surface area contributed by atoms with Gasteiger partial charge in [-0.05, 0) is 48.2 Å². The Morgan fingerprint density at radius 2 is 1.76 bits per heavy atom. The molecule has 0 fully saturated rings. The van der Waals surface area contributed by atoms with Gasteiger partial charge < -0.3 is 15.0 Å². The lowest BCUT2D eigenvalue weighted by Crippen LogP contribution is -2.20. The summed E-state index contributed by atoms with van der Waals surface area (Å²) in [4.78, 5) is 4.08. The van der Waals surface area contributed by atoms with Gasteiger partial charge in [-0.25, -0.2) is 9.37 Å². The predicted octanol–water partition coefficient (Wildman–Crippen LogP) is 3.82. The van der Waals surface area contributed by atoms with E-state index in [-0.39, 0.29) is 11.9 Å². The van der Waals surface area contributed by atoms with Gasteiger partial charge in [0.25, 0.3) is 0 Å². The number of nitrogens with two attached hydrogens (primary N) is 1. The van der Waals surface area contributed by atoms with Gasteiger partial charge in [-0.15, -0.1) is 0 Å². The Bertz CT molecular complexity index is 705. The normalized spacial score (nSPS) is 12.2. The smallest absolute Gasteiger partial charge is 0.123 e. The van der Waals surface area contributed by atoms with E-state index in [1.54, 1.807) is 12.5 Å². The summed E-state index contributed by atoms with van der Waals surface area (Å²) in [6, 6.07) is 14.3. The Balaban J connectivity index is 1.59. The third kappa shape index (κ3) is 5.43. The molecule has 2 aromatic carbocycles. The second-order valence-corrected chi connectivity index (χ2v) is 6.10. The minimum absolute atomic E-state index is 0.0387. The van der Waals surface area contributed by atoms with Gasteiger partial charge >= 0.3 is 0 Å². The molecule has 2 N–H and O–H groups in total. The van der Waals surface area contributed by atoms with E-state index < -0.39 is 0 Å². The van der Waals surface area contributed by atoms with E-state index in [0.29, 0.717) is 6.61 Å². The van der Waals surface area contributed by atoms with E-state index in [1.807, 2.05) is 47.2 Å². The molecule has 0 amide bonds. The lowest BCUT2D eigenvalue weighted by atomic mass is 10.1. The minimum atomic E-state index is -0.210. The third-order valence-electron chi connectivity index (χ3n) is 4.11. The molecule has 0 bridgehead atoms. The van der Waals surface area contributed by atoms with Crippen LogP contribution >= 0.6 is 0 Å². The van der Waals surface area contributed by atoms with Crippen molar-refractivity contribution >= 4 is 5.69 Å². The monoisotopic (exact) mass is 339 g/mol. The maximum absolute atomic E-state index is 13.0. The van der Waals surface area contributed by atoms with Gasteiger partial charge in [-0.3, -0.25) is 0 Å². The molecule has 0 aliphatic rings. The standard InChI is InChI=1S/C20H22FN3O/c21-18-6-1-16(2-7-18)5-10-20(13-24-12-11-23-15-24)25-14-17-3-8-19(22)9-4-17/h1-4,6-9,11-12,15,20H,5,10,13-14,22H2. The molecule has 0 radical (unpaired) electrons. The molecule has 0 saturated carbocycles. The minimum Gasteiger partial charge on any atom is -0.399 e. The molecule has 4 nitrogen and oxygen atoms in total. The SMILES string of the molecule is Nc1ccc(COC(CCc2ccc(F)cc2)Cn2ccnc2)cc1. The van der Waals surface area contributed by atoms with E-state index in [0.717, 1.165) is 36.2 Å². The fraction of sp³-hybridized carbons (Fsp3) is 0.250. The van der Waals surface area contributed by atoms with Crippen molar-refractivity contribution in [3.05, 3.63) is 84.2 Å². The number of benzene rings is 2. The summed E-state index contributed by atoms with van der Waals surface area (Å²) in [5.74, 6) is -0.210. The van der Waals surface area contributed by atoms with Gasteiger partial charge in [0.15, 0.2) is 0 Å². The number of rotatable bonds is 8.